The first-order valence-electron chi connectivity index (χ1n) is 9.99. The SMILES string of the molecule is CN(CCCc1ccc(Cl)cc1)[C@@H]1CCC[C@H]1NS(=O)(=O)c1ccc(N([O-])O)cc1. The van der Waals surface area contributed by atoms with Crippen LogP contribution >= 0.6 is 11.6 Å². The van der Waals surface area contributed by atoms with Gasteiger partial charge in [0.2, 0.25) is 10.0 Å². The van der Waals surface area contributed by atoms with Crippen molar-refractivity contribution in [2.45, 2.75) is 49.1 Å². The molecule has 0 aliphatic heterocycles. The number of aryl methyl sites for hydroxylation is 1. The Bertz CT molecular complexity index is 920. The highest BCUT2D eigenvalue weighted by Gasteiger charge is 2.33. The first-order chi connectivity index (χ1) is 14.3. The van der Waals surface area contributed by atoms with Crippen LogP contribution in [0.3, 0.4) is 0 Å². The summed E-state index contributed by atoms with van der Waals surface area (Å²) >= 11 is 5.93. The van der Waals surface area contributed by atoms with Gasteiger partial charge in [-0.2, -0.15) is 0 Å². The maximum absolute atomic E-state index is 12.8. The highest BCUT2D eigenvalue weighted by molar-refractivity contribution is 7.89. The average Bonchev–Trinajstić information content (AvgIpc) is 3.17. The zero-order valence-electron chi connectivity index (χ0n) is 16.9. The second-order valence-electron chi connectivity index (χ2n) is 7.70. The van der Waals surface area contributed by atoms with Crippen molar-refractivity contribution in [1.82, 2.24) is 9.62 Å². The average molecular weight is 453 g/mol. The molecule has 0 spiro atoms. The molecular formula is C21H27ClN3O4S-. The summed E-state index contributed by atoms with van der Waals surface area (Å²) in [6.07, 6.45) is 4.61. The van der Waals surface area contributed by atoms with Crippen LogP contribution in [0.2, 0.25) is 5.02 Å². The molecular weight excluding hydrogens is 426 g/mol. The predicted octanol–water partition coefficient (Wildman–Crippen LogP) is 3.80. The molecule has 0 unspecified atom stereocenters. The van der Waals surface area contributed by atoms with Crippen molar-refractivity contribution in [3.05, 3.63) is 64.3 Å². The first-order valence-corrected chi connectivity index (χ1v) is 11.9. The van der Waals surface area contributed by atoms with Gasteiger partial charge >= 0.3 is 0 Å². The number of hydrogen-bond acceptors (Lipinski definition) is 6. The van der Waals surface area contributed by atoms with E-state index in [1.165, 1.54) is 29.8 Å². The monoisotopic (exact) mass is 452 g/mol. The molecule has 1 aliphatic rings. The predicted molar refractivity (Wildman–Crippen MR) is 118 cm³/mol. The second kappa shape index (κ2) is 10.1. The smallest absolute Gasteiger partial charge is 0.240 e. The number of halogens is 1. The Morgan fingerprint density at radius 2 is 1.80 bits per heavy atom. The molecule has 2 aromatic carbocycles. The number of likely N-dealkylation sites (N-methyl/N-ethyl adjacent to an activating group) is 1. The van der Waals surface area contributed by atoms with Crippen molar-refractivity contribution in [2.75, 3.05) is 18.8 Å². The molecule has 2 aromatic rings. The highest BCUT2D eigenvalue weighted by Crippen LogP contribution is 2.26. The van der Waals surface area contributed by atoms with Gasteiger partial charge in [0.1, 0.15) is 0 Å². The number of nitrogens with one attached hydrogen (secondary N) is 1. The van der Waals surface area contributed by atoms with Crippen LogP contribution in [-0.2, 0) is 16.4 Å². The number of hydrogen-bond donors (Lipinski definition) is 2. The van der Waals surface area contributed by atoms with Gasteiger partial charge in [-0.15, -0.1) is 0 Å². The molecule has 0 amide bonds. The molecule has 2 N–H and O–H groups in total. The standard InChI is InChI=1S/C21H27ClN3O4S/c1-24(15-3-4-16-7-9-17(22)10-8-16)21-6-2-5-20(21)23-30(28,29)19-13-11-18(12-14-19)25(26)27/h7-14,20-21,23,26H,2-6,15H2,1H3/q-1/t20-,21-/m1/s1. The third kappa shape index (κ3) is 5.94. The minimum Gasteiger partial charge on any atom is -0.733 e. The number of sulfonamides is 1. The van der Waals surface area contributed by atoms with E-state index >= 15 is 0 Å². The molecule has 7 nitrogen and oxygen atoms in total. The van der Waals surface area contributed by atoms with Crippen LogP contribution in [0, 0.1) is 5.21 Å². The quantitative estimate of drug-likeness (QED) is 0.562. The van der Waals surface area contributed by atoms with Crippen molar-refractivity contribution in [1.29, 1.82) is 0 Å². The van der Waals surface area contributed by atoms with E-state index in [4.69, 9.17) is 16.8 Å². The van der Waals surface area contributed by atoms with Gasteiger partial charge in [-0.1, -0.05) is 30.2 Å². The summed E-state index contributed by atoms with van der Waals surface area (Å²) in [7, 11) is -1.67. The molecule has 1 aliphatic carbocycles. The van der Waals surface area contributed by atoms with E-state index in [1.54, 1.807) is 0 Å². The molecule has 0 saturated heterocycles. The van der Waals surface area contributed by atoms with E-state index in [9.17, 15) is 13.6 Å². The van der Waals surface area contributed by atoms with Gasteiger partial charge in [0.25, 0.3) is 0 Å². The third-order valence-electron chi connectivity index (χ3n) is 5.61. The normalized spacial score (nSPS) is 19.4. The van der Waals surface area contributed by atoms with Crippen molar-refractivity contribution in [3.8, 4) is 0 Å². The van der Waals surface area contributed by atoms with Crippen LogP contribution in [0.4, 0.5) is 5.69 Å². The Hall–Kier alpha value is -1.68. The van der Waals surface area contributed by atoms with Gasteiger partial charge in [-0.25, -0.2) is 13.1 Å². The fraction of sp³-hybridized carbons (Fsp3) is 0.429. The lowest BCUT2D eigenvalue weighted by Gasteiger charge is -2.30. The summed E-state index contributed by atoms with van der Waals surface area (Å²) in [4.78, 5) is 2.31. The molecule has 0 heterocycles. The lowest BCUT2D eigenvalue weighted by molar-refractivity contribution is 0.219. The number of rotatable bonds is 9. The van der Waals surface area contributed by atoms with Crippen molar-refractivity contribution >= 4 is 27.3 Å². The minimum absolute atomic E-state index is 0.0203. The summed E-state index contributed by atoms with van der Waals surface area (Å²) in [5.41, 5.74) is 1.22. The lowest BCUT2D eigenvalue weighted by atomic mass is 10.1. The topological polar surface area (TPSA) is 95.9 Å². The fourth-order valence-corrected chi connectivity index (χ4v) is 5.41. The molecule has 0 bridgehead atoms. The van der Waals surface area contributed by atoms with E-state index in [2.05, 4.69) is 9.62 Å². The van der Waals surface area contributed by atoms with E-state index in [0.717, 1.165) is 43.7 Å². The molecule has 1 saturated carbocycles. The maximum Gasteiger partial charge on any atom is 0.240 e. The van der Waals surface area contributed by atoms with Gasteiger partial charge in [0, 0.05) is 17.1 Å². The zero-order chi connectivity index (χ0) is 21.7. The van der Waals surface area contributed by atoms with Gasteiger partial charge in [-0.3, -0.25) is 5.21 Å². The molecule has 164 valence electrons. The summed E-state index contributed by atoms with van der Waals surface area (Å²) in [5, 5.41) is 20.2. The molecule has 0 aromatic heterocycles. The van der Waals surface area contributed by atoms with Crippen LogP contribution in [0.5, 0.6) is 0 Å². The van der Waals surface area contributed by atoms with Crippen LogP contribution in [0.1, 0.15) is 31.2 Å². The van der Waals surface area contributed by atoms with Crippen LogP contribution in [0.25, 0.3) is 0 Å². The molecule has 2 atom stereocenters. The Labute approximate surface area is 182 Å². The zero-order valence-corrected chi connectivity index (χ0v) is 18.4. The maximum atomic E-state index is 12.8. The number of benzene rings is 2. The van der Waals surface area contributed by atoms with Gasteiger partial charge < -0.3 is 15.3 Å². The lowest BCUT2D eigenvalue weighted by Crippen LogP contribution is -2.47. The van der Waals surface area contributed by atoms with Gasteiger partial charge in [0.05, 0.1) is 10.6 Å². The molecule has 1 fully saturated rings. The molecule has 9 heteroatoms. The molecule has 0 radical (unpaired) electrons. The summed E-state index contributed by atoms with van der Waals surface area (Å²) in [6.45, 7) is 0.871. The van der Waals surface area contributed by atoms with Crippen molar-refractivity contribution < 1.29 is 13.6 Å². The molecule has 3 rings (SSSR count). The Morgan fingerprint density at radius 3 is 2.43 bits per heavy atom. The van der Waals surface area contributed by atoms with E-state index in [0.29, 0.717) is 0 Å². The summed E-state index contributed by atoms with van der Waals surface area (Å²) in [5.74, 6) is 0. The number of nitrogens with zero attached hydrogens (tertiary/aromatic N) is 2. The summed E-state index contributed by atoms with van der Waals surface area (Å²) in [6, 6.07) is 13.0. The van der Waals surface area contributed by atoms with E-state index in [-0.39, 0.29) is 27.9 Å². The van der Waals surface area contributed by atoms with Crippen LogP contribution < -0.4 is 9.95 Å². The highest BCUT2D eigenvalue weighted by atomic mass is 35.5. The van der Waals surface area contributed by atoms with E-state index < -0.39 is 10.0 Å². The third-order valence-corrected chi connectivity index (χ3v) is 7.37. The van der Waals surface area contributed by atoms with Crippen LogP contribution in [-0.4, -0.2) is 44.2 Å². The Balaban J connectivity index is 1.56. The van der Waals surface area contributed by atoms with Crippen molar-refractivity contribution in [2.24, 2.45) is 0 Å². The second-order valence-corrected chi connectivity index (χ2v) is 9.85. The minimum atomic E-state index is -3.71. The van der Waals surface area contributed by atoms with Gasteiger partial charge in [-0.05, 0) is 81.2 Å². The van der Waals surface area contributed by atoms with Gasteiger partial charge in [0.15, 0.2) is 0 Å². The Morgan fingerprint density at radius 1 is 1.13 bits per heavy atom. The number of anilines is 1. The largest absolute Gasteiger partial charge is 0.733 e. The summed E-state index contributed by atoms with van der Waals surface area (Å²) < 4.78 is 28.4. The van der Waals surface area contributed by atoms with Crippen LogP contribution in [0.15, 0.2) is 53.4 Å². The fourth-order valence-electron chi connectivity index (χ4n) is 3.98. The first kappa shape index (κ1) is 23.0. The van der Waals surface area contributed by atoms with Crippen molar-refractivity contribution in [3.63, 3.8) is 0 Å². The Kier molecular flexibility index (Phi) is 7.73. The van der Waals surface area contributed by atoms with E-state index in [1.807, 2.05) is 31.3 Å². The molecule has 30 heavy (non-hydrogen) atoms.